The first kappa shape index (κ1) is 19.0. The molecular formula is C18H25N3O4S. The first-order chi connectivity index (χ1) is 12.4. The summed E-state index contributed by atoms with van der Waals surface area (Å²) in [6, 6.07) is 3.04. The molecule has 2 aliphatic heterocycles. The van der Waals surface area contributed by atoms with Gasteiger partial charge in [-0.25, -0.2) is 4.98 Å². The van der Waals surface area contributed by atoms with Crippen molar-refractivity contribution in [3.63, 3.8) is 0 Å². The summed E-state index contributed by atoms with van der Waals surface area (Å²) in [5.74, 6) is 0.101. The average molecular weight is 379 g/mol. The van der Waals surface area contributed by atoms with E-state index in [9.17, 15) is 19.8 Å². The highest BCUT2D eigenvalue weighted by Crippen LogP contribution is 2.40. The number of amides is 2. The van der Waals surface area contributed by atoms with Gasteiger partial charge in [0, 0.05) is 32.4 Å². The second-order valence-corrected chi connectivity index (χ2v) is 8.09. The van der Waals surface area contributed by atoms with Gasteiger partial charge >= 0.3 is 0 Å². The van der Waals surface area contributed by atoms with E-state index in [-0.39, 0.29) is 28.7 Å². The van der Waals surface area contributed by atoms with Gasteiger partial charge in [-0.3, -0.25) is 9.59 Å². The van der Waals surface area contributed by atoms with Crippen LogP contribution in [0.3, 0.4) is 0 Å². The van der Waals surface area contributed by atoms with Gasteiger partial charge in [0.1, 0.15) is 5.75 Å². The number of likely N-dealkylation sites (tertiary alicyclic amines) is 2. The summed E-state index contributed by atoms with van der Waals surface area (Å²) in [7, 11) is 0. The van der Waals surface area contributed by atoms with Crippen molar-refractivity contribution in [3.05, 3.63) is 24.0 Å². The molecule has 1 aromatic rings. The topological polar surface area (TPSA) is 94.0 Å². The van der Waals surface area contributed by atoms with Crippen molar-refractivity contribution >= 4 is 23.6 Å². The largest absolute Gasteiger partial charge is 0.505 e. The summed E-state index contributed by atoms with van der Waals surface area (Å²) < 4.78 is 0. The lowest BCUT2D eigenvalue weighted by molar-refractivity contribution is -0.137. The van der Waals surface area contributed by atoms with Crippen molar-refractivity contribution in [1.29, 1.82) is 0 Å². The number of aliphatic hydroxyl groups excluding tert-OH is 1. The van der Waals surface area contributed by atoms with Crippen molar-refractivity contribution in [2.24, 2.45) is 5.41 Å². The van der Waals surface area contributed by atoms with E-state index in [4.69, 9.17) is 0 Å². The standard InChI is InChI=1S/C18H25N3O4S/c1-26-11-15(24)21-10-13(22)9-18(12-21)4-7-20(8-5-18)17(25)16-14(23)3-2-6-19-16/h2-3,6,13,22-23H,4-5,7-12H2,1H3. The molecule has 2 saturated heterocycles. The van der Waals surface area contributed by atoms with Crippen molar-refractivity contribution in [3.8, 4) is 5.75 Å². The molecule has 0 bridgehead atoms. The summed E-state index contributed by atoms with van der Waals surface area (Å²) in [5, 5.41) is 20.1. The second kappa shape index (κ2) is 7.84. The van der Waals surface area contributed by atoms with Crippen LogP contribution in [0.2, 0.25) is 0 Å². The van der Waals surface area contributed by atoms with Gasteiger partial charge in [-0.2, -0.15) is 11.8 Å². The van der Waals surface area contributed by atoms with Crippen LogP contribution < -0.4 is 0 Å². The number of aromatic nitrogens is 1. The van der Waals surface area contributed by atoms with Crippen LogP contribution in [-0.2, 0) is 4.79 Å². The molecule has 1 aromatic heterocycles. The van der Waals surface area contributed by atoms with Gasteiger partial charge in [-0.1, -0.05) is 0 Å². The normalized spacial score (nSPS) is 22.5. The number of carbonyl (C=O) groups is 2. The fourth-order valence-corrected chi connectivity index (χ4v) is 4.44. The Morgan fingerprint density at radius 2 is 2.08 bits per heavy atom. The number of hydrogen-bond acceptors (Lipinski definition) is 6. The molecule has 0 saturated carbocycles. The molecule has 2 amide bonds. The molecule has 0 aliphatic carbocycles. The van der Waals surface area contributed by atoms with Gasteiger partial charge < -0.3 is 20.0 Å². The Morgan fingerprint density at radius 3 is 2.73 bits per heavy atom. The van der Waals surface area contributed by atoms with E-state index < -0.39 is 6.10 Å². The molecule has 1 unspecified atom stereocenters. The third-order valence-electron chi connectivity index (χ3n) is 5.35. The Kier molecular flexibility index (Phi) is 5.72. The van der Waals surface area contributed by atoms with Crippen molar-refractivity contribution in [2.45, 2.75) is 25.4 Å². The summed E-state index contributed by atoms with van der Waals surface area (Å²) in [5.41, 5.74) is -0.0711. The summed E-state index contributed by atoms with van der Waals surface area (Å²) >= 11 is 1.49. The molecular weight excluding hydrogens is 354 g/mol. The zero-order valence-electron chi connectivity index (χ0n) is 14.9. The van der Waals surface area contributed by atoms with E-state index in [2.05, 4.69) is 4.98 Å². The maximum atomic E-state index is 12.6. The molecule has 26 heavy (non-hydrogen) atoms. The Bertz CT molecular complexity index is 676. The van der Waals surface area contributed by atoms with Gasteiger partial charge in [-0.05, 0) is 43.1 Å². The third kappa shape index (κ3) is 3.96. The van der Waals surface area contributed by atoms with E-state index in [1.807, 2.05) is 6.26 Å². The minimum atomic E-state index is -0.517. The molecule has 2 N–H and O–H groups in total. The number of pyridine rings is 1. The van der Waals surface area contributed by atoms with Crippen LogP contribution in [-0.4, -0.2) is 81.1 Å². The number of rotatable bonds is 3. The van der Waals surface area contributed by atoms with Gasteiger partial charge in [0.15, 0.2) is 5.69 Å². The number of thioether (sulfide) groups is 1. The third-order valence-corrected chi connectivity index (χ3v) is 5.88. The van der Waals surface area contributed by atoms with Crippen molar-refractivity contribution in [1.82, 2.24) is 14.8 Å². The highest BCUT2D eigenvalue weighted by atomic mass is 32.2. The Hall–Kier alpha value is -1.80. The molecule has 3 heterocycles. The Balaban J connectivity index is 1.66. The molecule has 3 rings (SSSR count). The van der Waals surface area contributed by atoms with Crippen molar-refractivity contribution < 1.29 is 19.8 Å². The summed E-state index contributed by atoms with van der Waals surface area (Å²) in [6.45, 7) is 2.10. The molecule has 142 valence electrons. The highest BCUT2D eigenvalue weighted by molar-refractivity contribution is 7.99. The molecule has 0 aromatic carbocycles. The summed E-state index contributed by atoms with van der Waals surface area (Å²) in [4.78, 5) is 32.3. The van der Waals surface area contributed by atoms with E-state index >= 15 is 0 Å². The quantitative estimate of drug-likeness (QED) is 0.813. The number of nitrogens with zero attached hydrogens (tertiary/aromatic N) is 3. The molecule has 1 spiro atoms. The van der Waals surface area contributed by atoms with Crippen LogP contribution in [0.1, 0.15) is 29.8 Å². The van der Waals surface area contributed by atoms with E-state index in [0.29, 0.717) is 38.4 Å². The van der Waals surface area contributed by atoms with Gasteiger partial charge in [0.2, 0.25) is 5.91 Å². The predicted octanol–water partition coefficient (Wildman–Crippen LogP) is 0.966. The Morgan fingerprint density at radius 1 is 1.35 bits per heavy atom. The number of piperidine rings is 2. The lowest BCUT2D eigenvalue weighted by Crippen LogP contribution is -2.56. The average Bonchev–Trinajstić information content (AvgIpc) is 2.62. The lowest BCUT2D eigenvalue weighted by Gasteiger charge is -2.49. The molecule has 7 nitrogen and oxygen atoms in total. The molecule has 8 heteroatoms. The molecule has 2 aliphatic rings. The van der Waals surface area contributed by atoms with E-state index in [1.54, 1.807) is 15.9 Å². The Labute approximate surface area is 157 Å². The first-order valence-electron chi connectivity index (χ1n) is 8.82. The highest BCUT2D eigenvalue weighted by Gasteiger charge is 2.43. The smallest absolute Gasteiger partial charge is 0.276 e. The van der Waals surface area contributed by atoms with Crippen LogP contribution in [0, 0.1) is 5.41 Å². The SMILES string of the molecule is CSCC(=O)N1CC(O)CC2(CCN(C(=O)c3ncccc3O)CC2)C1. The van der Waals surface area contributed by atoms with E-state index in [1.165, 1.54) is 24.0 Å². The molecule has 1 atom stereocenters. The van der Waals surface area contributed by atoms with Gasteiger partial charge in [0.25, 0.3) is 5.91 Å². The predicted molar refractivity (Wildman–Crippen MR) is 99.1 cm³/mol. The minimum absolute atomic E-state index is 0.0625. The number of aliphatic hydroxyl groups is 1. The maximum Gasteiger partial charge on any atom is 0.276 e. The monoisotopic (exact) mass is 379 g/mol. The fraction of sp³-hybridized carbons (Fsp3) is 0.611. The zero-order chi connectivity index (χ0) is 18.7. The van der Waals surface area contributed by atoms with Crippen molar-refractivity contribution in [2.75, 3.05) is 38.2 Å². The second-order valence-electron chi connectivity index (χ2n) is 7.23. The lowest BCUT2D eigenvalue weighted by atomic mass is 9.71. The van der Waals surface area contributed by atoms with E-state index in [0.717, 1.165) is 12.8 Å². The number of hydrogen-bond donors (Lipinski definition) is 2. The number of carbonyl (C=O) groups excluding carboxylic acids is 2. The first-order valence-corrected chi connectivity index (χ1v) is 10.2. The molecule has 0 radical (unpaired) electrons. The summed E-state index contributed by atoms with van der Waals surface area (Å²) in [6.07, 6.45) is 4.99. The molecule has 2 fully saturated rings. The minimum Gasteiger partial charge on any atom is -0.505 e. The van der Waals surface area contributed by atoms with Crippen LogP contribution in [0.15, 0.2) is 18.3 Å². The zero-order valence-corrected chi connectivity index (χ0v) is 15.7. The van der Waals surface area contributed by atoms with Crippen LogP contribution in [0.25, 0.3) is 0 Å². The van der Waals surface area contributed by atoms with Gasteiger partial charge in [-0.15, -0.1) is 0 Å². The number of β-amino-alcohol motifs (C(OH)–C–C–N with tert-alkyl or cyclic N) is 1. The van der Waals surface area contributed by atoms with Crippen LogP contribution >= 0.6 is 11.8 Å². The fourth-order valence-electron chi connectivity index (χ4n) is 4.02. The van der Waals surface area contributed by atoms with Crippen LogP contribution in [0.5, 0.6) is 5.75 Å². The maximum absolute atomic E-state index is 12.6. The van der Waals surface area contributed by atoms with Gasteiger partial charge in [0.05, 0.1) is 11.9 Å². The number of aromatic hydroxyl groups is 1. The van der Waals surface area contributed by atoms with Crippen LogP contribution in [0.4, 0.5) is 0 Å².